The lowest BCUT2D eigenvalue weighted by Crippen LogP contribution is -1.86. The molecule has 198 valence electrons. The Morgan fingerprint density at radius 1 is 0.550 bits per heavy atom. The van der Waals surface area contributed by atoms with Gasteiger partial charge in [0.2, 0.25) is 0 Å². The van der Waals surface area contributed by atoms with Crippen molar-refractivity contribution in [1.82, 2.24) is 0 Å². The van der Waals surface area contributed by atoms with Crippen LogP contribution in [0.25, 0.3) is 22.3 Å². The molecule has 0 bridgehead atoms. The van der Waals surface area contributed by atoms with E-state index in [1.54, 1.807) is 36.7 Å². The molecule has 0 aliphatic heterocycles. The highest BCUT2D eigenvalue weighted by molar-refractivity contribution is 5.83. The molecule has 4 nitrogen and oxygen atoms in total. The van der Waals surface area contributed by atoms with Crippen LogP contribution in [0.2, 0.25) is 0 Å². The molecular weight excluding hydrogens is 492 g/mol. The zero-order valence-corrected chi connectivity index (χ0v) is 22.6. The number of benzene rings is 4. The Morgan fingerprint density at radius 2 is 0.950 bits per heavy atom. The third kappa shape index (κ3) is 7.42. The van der Waals surface area contributed by atoms with Gasteiger partial charge in [0, 0.05) is 23.6 Å². The van der Waals surface area contributed by atoms with Crippen molar-refractivity contribution in [2.24, 2.45) is 9.98 Å². The molecular formula is C36H32N2O2. The van der Waals surface area contributed by atoms with Crippen LogP contribution in [0.15, 0.2) is 155 Å². The van der Waals surface area contributed by atoms with Crippen LogP contribution < -0.4 is 0 Å². The van der Waals surface area contributed by atoms with Crippen LogP contribution in [0.5, 0.6) is 11.5 Å². The minimum Gasteiger partial charge on any atom is -0.507 e. The van der Waals surface area contributed by atoms with E-state index in [0.29, 0.717) is 0 Å². The largest absolute Gasteiger partial charge is 0.507 e. The molecule has 0 spiro atoms. The lowest BCUT2D eigenvalue weighted by molar-refractivity contribution is 0.477. The van der Waals surface area contributed by atoms with Gasteiger partial charge in [-0.05, 0) is 84.7 Å². The van der Waals surface area contributed by atoms with Crippen molar-refractivity contribution in [2.75, 3.05) is 0 Å². The molecule has 0 heterocycles. The molecule has 0 aliphatic carbocycles. The van der Waals surface area contributed by atoms with E-state index in [2.05, 4.69) is 9.98 Å². The highest BCUT2D eigenvalue weighted by Gasteiger charge is 2.06. The van der Waals surface area contributed by atoms with Gasteiger partial charge < -0.3 is 10.2 Å². The summed E-state index contributed by atoms with van der Waals surface area (Å²) in [4.78, 5) is 9.24. The number of hydrogen-bond acceptors (Lipinski definition) is 4. The first-order valence-corrected chi connectivity index (χ1v) is 13.1. The molecule has 0 atom stereocenters. The van der Waals surface area contributed by atoms with E-state index in [9.17, 15) is 10.2 Å². The lowest BCUT2D eigenvalue weighted by atomic mass is 10.0. The van der Waals surface area contributed by atoms with E-state index in [-0.39, 0.29) is 11.5 Å². The number of aromatic hydroxyl groups is 2. The molecule has 4 aromatic rings. The number of phenolic OH excluding ortho intramolecular Hbond substituents is 2. The van der Waals surface area contributed by atoms with Gasteiger partial charge in [-0.3, -0.25) is 9.98 Å². The van der Waals surface area contributed by atoms with Crippen LogP contribution in [0.3, 0.4) is 0 Å². The van der Waals surface area contributed by atoms with Gasteiger partial charge in [-0.25, -0.2) is 0 Å². The van der Waals surface area contributed by atoms with E-state index in [1.807, 2.05) is 123 Å². The molecule has 4 rings (SSSR count). The van der Waals surface area contributed by atoms with Crippen LogP contribution in [-0.4, -0.2) is 22.6 Å². The van der Waals surface area contributed by atoms with Gasteiger partial charge in [0.25, 0.3) is 0 Å². The Labute approximate surface area is 236 Å². The summed E-state index contributed by atoms with van der Waals surface area (Å²) >= 11 is 0. The second-order valence-electron chi connectivity index (χ2n) is 8.94. The Bertz CT molecular complexity index is 1490. The summed E-state index contributed by atoms with van der Waals surface area (Å²) in [6.07, 6.45) is 15.4. The number of hydrogen-bond donors (Lipinski definition) is 2. The van der Waals surface area contributed by atoms with E-state index in [1.165, 1.54) is 0 Å². The SMILES string of the molecule is C\C=C/C(=C/C=N/c1ccc(O)c(-c2ccccc2)c1)C(/C=C\C)=C/C=N/c1ccc(O)c(-c2ccccc2)c1. The summed E-state index contributed by atoms with van der Waals surface area (Å²) in [6.45, 7) is 3.94. The Morgan fingerprint density at radius 3 is 1.32 bits per heavy atom. The van der Waals surface area contributed by atoms with Gasteiger partial charge in [0.1, 0.15) is 11.5 Å². The molecule has 4 aromatic carbocycles. The Balaban J connectivity index is 1.58. The van der Waals surface area contributed by atoms with Gasteiger partial charge in [0.15, 0.2) is 0 Å². The van der Waals surface area contributed by atoms with E-state index >= 15 is 0 Å². The number of phenols is 2. The third-order valence-electron chi connectivity index (χ3n) is 6.11. The van der Waals surface area contributed by atoms with Crippen LogP contribution in [0, 0.1) is 0 Å². The molecule has 0 aromatic heterocycles. The number of aliphatic imine (C=N–C) groups is 2. The smallest absolute Gasteiger partial charge is 0.123 e. The number of rotatable bonds is 9. The van der Waals surface area contributed by atoms with E-state index < -0.39 is 0 Å². The molecule has 0 saturated carbocycles. The van der Waals surface area contributed by atoms with Crippen molar-refractivity contribution in [3.8, 4) is 33.8 Å². The molecule has 0 unspecified atom stereocenters. The summed E-state index contributed by atoms with van der Waals surface area (Å²) in [5, 5.41) is 20.7. The summed E-state index contributed by atoms with van der Waals surface area (Å²) in [5.41, 5.74) is 6.77. The van der Waals surface area contributed by atoms with Gasteiger partial charge in [-0.2, -0.15) is 0 Å². The van der Waals surface area contributed by atoms with E-state index in [0.717, 1.165) is 44.8 Å². The van der Waals surface area contributed by atoms with Crippen LogP contribution in [0.4, 0.5) is 11.4 Å². The van der Waals surface area contributed by atoms with Crippen LogP contribution in [0.1, 0.15) is 13.8 Å². The molecule has 4 heteroatoms. The first-order valence-electron chi connectivity index (χ1n) is 13.1. The maximum Gasteiger partial charge on any atom is 0.123 e. The fourth-order valence-electron chi connectivity index (χ4n) is 4.17. The van der Waals surface area contributed by atoms with Crippen molar-refractivity contribution in [3.05, 3.63) is 145 Å². The monoisotopic (exact) mass is 524 g/mol. The number of nitrogens with zero attached hydrogens (tertiary/aromatic N) is 2. The molecule has 0 saturated heterocycles. The fourth-order valence-corrected chi connectivity index (χ4v) is 4.17. The predicted molar refractivity (Wildman–Crippen MR) is 169 cm³/mol. The maximum absolute atomic E-state index is 10.3. The minimum atomic E-state index is 0.220. The topological polar surface area (TPSA) is 65.2 Å². The minimum absolute atomic E-state index is 0.220. The van der Waals surface area contributed by atoms with Gasteiger partial charge in [-0.1, -0.05) is 85.0 Å². The van der Waals surface area contributed by atoms with Crippen molar-refractivity contribution in [2.45, 2.75) is 13.8 Å². The predicted octanol–water partition coefficient (Wildman–Crippen LogP) is 9.54. The van der Waals surface area contributed by atoms with Crippen molar-refractivity contribution < 1.29 is 10.2 Å². The molecule has 0 amide bonds. The second-order valence-corrected chi connectivity index (χ2v) is 8.94. The molecule has 0 aliphatic rings. The van der Waals surface area contributed by atoms with Crippen LogP contribution >= 0.6 is 0 Å². The highest BCUT2D eigenvalue weighted by atomic mass is 16.3. The molecule has 2 N–H and O–H groups in total. The zero-order valence-electron chi connectivity index (χ0n) is 22.6. The average molecular weight is 525 g/mol. The zero-order chi connectivity index (χ0) is 28.2. The van der Waals surface area contributed by atoms with E-state index in [4.69, 9.17) is 0 Å². The molecule has 0 radical (unpaired) electrons. The van der Waals surface area contributed by atoms with Gasteiger partial charge >= 0.3 is 0 Å². The lowest BCUT2D eigenvalue weighted by Gasteiger charge is -2.06. The van der Waals surface area contributed by atoms with Crippen molar-refractivity contribution in [1.29, 1.82) is 0 Å². The average Bonchev–Trinajstić information content (AvgIpc) is 2.99. The van der Waals surface area contributed by atoms with Crippen molar-refractivity contribution in [3.63, 3.8) is 0 Å². The summed E-state index contributed by atoms with van der Waals surface area (Å²) in [5.74, 6) is 0.440. The fraction of sp³-hybridized carbons (Fsp3) is 0.0556. The summed E-state index contributed by atoms with van der Waals surface area (Å²) in [7, 11) is 0. The summed E-state index contributed by atoms with van der Waals surface area (Å²) in [6, 6.07) is 30.2. The molecule has 40 heavy (non-hydrogen) atoms. The second kappa shape index (κ2) is 14.1. The van der Waals surface area contributed by atoms with Gasteiger partial charge in [-0.15, -0.1) is 0 Å². The summed E-state index contributed by atoms with van der Waals surface area (Å²) < 4.78 is 0. The quantitative estimate of drug-likeness (QED) is 0.169. The first-order chi connectivity index (χ1) is 19.6. The van der Waals surface area contributed by atoms with Crippen LogP contribution in [-0.2, 0) is 0 Å². The third-order valence-corrected chi connectivity index (χ3v) is 6.11. The standard InChI is InChI=1S/C36H32N2O2/c1-3-11-27(21-23-37-31-17-19-35(39)33(25-31)29-13-7-5-8-14-29)28(12-4-2)22-24-38-32-18-20-36(40)34(26-32)30-15-9-6-10-16-30/h3-26,39-40H,1-2H3/b11-3-,12-4-,27-21-,28-22+,37-23+,38-24+. The maximum atomic E-state index is 10.3. The Hall–Kier alpha value is -5.22. The first kappa shape index (κ1) is 27.8. The normalized spacial score (nSPS) is 12.8. The molecule has 0 fully saturated rings. The highest BCUT2D eigenvalue weighted by Crippen LogP contribution is 2.33. The Kier molecular flexibility index (Phi) is 9.78. The number of allylic oxidation sites excluding steroid dienone is 8. The van der Waals surface area contributed by atoms with Gasteiger partial charge in [0.05, 0.1) is 11.4 Å². The van der Waals surface area contributed by atoms with Crippen molar-refractivity contribution >= 4 is 23.8 Å².